The molecule has 0 atom stereocenters. The van der Waals surface area contributed by atoms with Gasteiger partial charge in [-0.05, 0) is 55.4 Å². The first kappa shape index (κ1) is 19.7. The van der Waals surface area contributed by atoms with Gasteiger partial charge in [-0.25, -0.2) is 0 Å². The summed E-state index contributed by atoms with van der Waals surface area (Å²) in [6.07, 6.45) is 8.01. The van der Waals surface area contributed by atoms with Crippen molar-refractivity contribution >= 4 is 6.47 Å². The summed E-state index contributed by atoms with van der Waals surface area (Å²) in [5, 5.41) is 8.65. The van der Waals surface area contributed by atoms with Gasteiger partial charge in [0.15, 0.2) is 0 Å². The summed E-state index contributed by atoms with van der Waals surface area (Å²) < 4.78 is 5.23. The van der Waals surface area contributed by atoms with Crippen molar-refractivity contribution in [1.29, 1.82) is 5.26 Å². The van der Waals surface area contributed by atoms with Crippen LogP contribution in [0.2, 0.25) is 0 Å². The molecule has 136 valence electrons. The lowest BCUT2D eigenvalue weighted by atomic mass is 9.81. The Morgan fingerprint density at radius 1 is 1.00 bits per heavy atom. The lowest BCUT2D eigenvalue weighted by Crippen LogP contribution is -2.34. The lowest BCUT2D eigenvalue weighted by molar-refractivity contribution is -0.148. The van der Waals surface area contributed by atoms with Crippen LogP contribution in [0.15, 0.2) is 54.6 Å². The minimum atomic E-state index is -0.0885. The second kappa shape index (κ2) is 10.4. The maximum absolute atomic E-state index is 10.3. The van der Waals surface area contributed by atoms with E-state index in [-0.39, 0.29) is 5.60 Å². The molecule has 3 heteroatoms. The Bertz CT molecular complexity index is 690. The predicted molar refractivity (Wildman–Crippen MR) is 104 cm³/mol. The van der Waals surface area contributed by atoms with Crippen LogP contribution >= 0.6 is 0 Å². The zero-order valence-corrected chi connectivity index (χ0v) is 15.5. The fraction of sp³-hybridized carbons (Fsp3) is 0.391. The molecule has 2 aromatic rings. The number of nitriles is 1. The highest BCUT2D eigenvalue weighted by Gasteiger charge is 2.32. The van der Waals surface area contributed by atoms with Gasteiger partial charge in [0.05, 0.1) is 11.6 Å². The number of carbonyl (C=O) groups is 1. The van der Waals surface area contributed by atoms with Crippen molar-refractivity contribution in [2.75, 3.05) is 0 Å². The van der Waals surface area contributed by atoms with E-state index in [0.717, 1.165) is 31.2 Å². The van der Waals surface area contributed by atoms with Crippen LogP contribution in [0.1, 0.15) is 57.4 Å². The average Bonchev–Trinajstić information content (AvgIpc) is 2.70. The Morgan fingerprint density at radius 3 is 2.15 bits per heavy atom. The van der Waals surface area contributed by atoms with Crippen LogP contribution in [-0.4, -0.2) is 12.1 Å². The summed E-state index contributed by atoms with van der Waals surface area (Å²) in [7, 11) is 0. The van der Waals surface area contributed by atoms with Gasteiger partial charge in [-0.15, -0.1) is 0 Å². The Kier molecular flexibility index (Phi) is 7.89. The number of benzene rings is 2. The molecule has 0 aromatic heterocycles. The molecule has 0 radical (unpaired) electrons. The van der Waals surface area contributed by atoms with Crippen LogP contribution in [0.3, 0.4) is 0 Å². The van der Waals surface area contributed by atoms with Gasteiger partial charge in [0.2, 0.25) is 0 Å². The molecule has 1 fully saturated rings. The van der Waals surface area contributed by atoms with E-state index in [1.54, 1.807) is 0 Å². The van der Waals surface area contributed by atoms with Gasteiger partial charge in [0.25, 0.3) is 6.47 Å². The molecule has 1 aliphatic rings. The first-order valence-corrected chi connectivity index (χ1v) is 9.40. The van der Waals surface area contributed by atoms with E-state index in [9.17, 15) is 4.79 Å². The van der Waals surface area contributed by atoms with E-state index in [2.05, 4.69) is 25.1 Å². The summed E-state index contributed by atoms with van der Waals surface area (Å²) in [5.41, 5.74) is 2.93. The molecule has 0 heterocycles. The molecule has 3 nitrogen and oxygen atoms in total. The average molecular weight is 349 g/mol. The van der Waals surface area contributed by atoms with Gasteiger partial charge in [0, 0.05) is 0 Å². The van der Waals surface area contributed by atoms with Crippen LogP contribution < -0.4 is 0 Å². The van der Waals surface area contributed by atoms with Gasteiger partial charge in [-0.2, -0.15) is 5.26 Å². The summed E-state index contributed by atoms with van der Waals surface area (Å²) in [5.74, 6) is 0. The standard InChI is InChI=1S/C13H9N.C10H18O2/c14-10-11-6-8-13(9-7-11)12-4-2-1-3-5-12;1-2-6-10(12-9-11)7-4-3-5-8-10/h1-9H;9H,2-8H2,1H3. The zero-order valence-electron chi connectivity index (χ0n) is 15.5. The van der Waals surface area contributed by atoms with Crippen molar-refractivity contribution in [2.24, 2.45) is 0 Å². The second-order valence-electron chi connectivity index (χ2n) is 6.76. The molecule has 0 bridgehead atoms. The second-order valence-corrected chi connectivity index (χ2v) is 6.76. The van der Waals surface area contributed by atoms with Gasteiger partial charge in [-0.3, -0.25) is 4.79 Å². The summed E-state index contributed by atoms with van der Waals surface area (Å²) >= 11 is 0. The highest BCUT2D eigenvalue weighted by Crippen LogP contribution is 2.34. The largest absolute Gasteiger partial charge is 0.461 e. The van der Waals surface area contributed by atoms with Gasteiger partial charge < -0.3 is 4.74 Å². The molecule has 0 N–H and O–H groups in total. The van der Waals surface area contributed by atoms with Crippen molar-refractivity contribution in [2.45, 2.75) is 57.5 Å². The minimum Gasteiger partial charge on any atom is -0.461 e. The Hall–Kier alpha value is -2.60. The molecule has 1 saturated carbocycles. The predicted octanol–water partition coefficient (Wildman–Crippen LogP) is 5.89. The number of rotatable bonds is 5. The van der Waals surface area contributed by atoms with Gasteiger partial charge in [0.1, 0.15) is 5.60 Å². The van der Waals surface area contributed by atoms with Crippen molar-refractivity contribution in [3.63, 3.8) is 0 Å². The molecule has 0 amide bonds. The smallest absolute Gasteiger partial charge is 0.293 e. The molecule has 0 spiro atoms. The van der Waals surface area contributed by atoms with Crippen molar-refractivity contribution < 1.29 is 9.53 Å². The van der Waals surface area contributed by atoms with Crippen molar-refractivity contribution in [3.8, 4) is 17.2 Å². The summed E-state index contributed by atoms with van der Waals surface area (Å²) in [6, 6.07) is 19.8. The normalized spacial score (nSPS) is 15.1. The van der Waals surface area contributed by atoms with E-state index in [1.807, 2.05) is 42.5 Å². The molecule has 2 aromatic carbocycles. The molecule has 0 unspecified atom stereocenters. The van der Waals surface area contributed by atoms with Crippen LogP contribution in [0.5, 0.6) is 0 Å². The zero-order chi connectivity index (χ0) is 18.7. The first-order chi connectivity index (χ1) is 12.7. The maximum Gasteiger partial charge on any atom is 0.293 e. The first-order valence-electron chi connectivity index (χ1n) is 9.40. The van der Waals surface area contributed by atoms with E-state index in [1.165, 1.54) is 24.8 Å². The minimum absolute atomic E-state index is 0.0885. The third kappa shape index (κ3) is 5.74. The van der Waals surface area contributed by atoms with E-state index < -0.39 is 0 Å². The van der Waals surface area contributed by atoms with Gasteiger partial charge in [-0.1, -0.05) is 62.2 Å². The number of nitrogens with zero attached hydrogens (tertiary/aromatic N) is 1. The number of hydrogen-bond acceptors (Lipinski definition) is 3. The maximum atomic E-state index is 10.3. The van der Waals surface area contributed by atoms with Crippen LogP contribution in [0.4, 0.5) is 0 Å². The lowest BCUT2D eigenvalue weighted by Gasteiger charge is -2.35. The SMILES string of the molecule is CCCC1(OC=O)CCCCC1.N#Cc1ccc(-c2ccccc2)cc1. The van der Waals surface area contributed by atoms with Crippen LogP contribution in [-0.2, 0) is 9.53 Å². The Labute approximate surface area is 156 Å². The quantitative estimate of drug-likeness (QED) is 0.633. The Balaban J connectivity index is 0.000000190. The number of carbonyl (C=O) groups excluding carboxylic acids is 1. The van der Waals surface area contributed by atoms with Crippen molar-refractivity contribution in [1.82, 2.24) is 0 Å². The molecule has 0 saturated heterocycles. The molecular formula is C23H27NO2. The molecular weight excluding hydrogens is 322 g/mol. The molecule has 3 rings (SSSR count). The van der Waals surface area contributed by atoms with Gasteiger partial charge >= 0.3 is 0 Å². The molecule has 1 aliphatic carbocycles. The fourth-order valence-electron chi connectivity index (χ4n) is 3.55. The van der Waals surface area contributed by atoms with E-state index >= 15 is 0 Å². The number of hydrogen-bond donors (Lipinski definition) is 0. The highest BCUT2D eigenvalue weighted by molar-refractivity contribution is 5.63. The highest BCUT2D eigenvalue weighted by atomic mass is 16.5. The van der Waals surface area contributed by atoms with Crippen LogP contribution in [0.25, 0.3) is 11.1 Å². The molecule has 0 aliphatic heterocycles. The topological polar surface area (TPSA) is 50.1 Å². The third-order valence-corrected chi connectivity index (χ3v) is 4.89. The van der Waals surface area contributed by atoms with Crippen LogP contribution in [0, 0.1) is 11.3 Å². The van der Waals surface area contributed by atoms with E-state index in [0.29, 0.717) is 12.0 Å². The molecule has 26 heavy (non-hydrogen) atoms. The third-order valence-electron chi connectivity index (χ3n) is 4.89. The summed E-state index contributed by atoms with van der Waals surface area (Å²) in [4.78, 5) is 10.3. The van der Waals surface area contributed by atoms with E-state index in [4.69, 9.17) is 10.00 Å². The monoisotopic (exact) mass is 349 g/mol. The summed E-state index contributed by atoms with van der Waals surface area (Å²) in [6.45, 7) is 2.77. The fourth-order valence-corrected chi connectivity index (χ4v) is 3.55. The Morgan fingerprint density at radius 2 is 1.62 bits per heavy atom. The number of ether oxygens (including phenoxy) is 1. The van der Waals surface area contributed by atoms with Crippen molar-refractivity contribution in [3.05, 3.63) is 60.2 Å².